The molecule has 0 aromatic heterocycles. The minimum atomic E-state index is 0.300. The van der Waals surface area contributed by atoms with Gasteiger partial charge in [0, 0.05) is 26.2 Å². The van der Waals surface area contributed by atoms with Gasteiger partial charge < -0.3 is 9.64 Å². The van der Waals surface area contributed by atoms with Gasteiger partial charge in [0.15, 0.2) is 0 Å². The fraction of sp³-hybridized carbons (Fsp3) is 0.917. The van der Waals surface area contributed by atoms with Crippen LogP contribution in [-0.4, -0.2) is 61.6 Å². The van der Waals surface area contributed by atoms with Crippen molar-refractivity contribution in [2.45, 2.75) is 19.8 Å². The van der Waals surface area contributed by atoms with Crippen LogP contribution in [0.3, 0.4) is 0 Å². The maximum atomic E-state index is 12.0. The van der Waals surface area contributed by atoms with E-state index in [1.165, 1.54) is 0 Å². The molecule has 2 heterocycles. The Hall–Kier alpha value is -0.610. The molecule has 92 valence electrons. The smallest absolute Gasteiger partial charge is 0.236 e. The fourth-order valence-corrected chi connectivity index (χ4v) is 2.31. The van der Waals surface area contributed by atoms with Crippen LogP contribution in [0, 0.1) is 5.92 Å². The van der Waals surface area contributed by atoms with Gasteiger partial charge in [-0.2, -0.15) is 0 Å². The molecule has 0 N–H and O–H groups in total. The van der Waals surface area contributed by atoms with Crippen molar-refractivity contribution in [3.63, 3.8) is 0 Å². The topological polar surface area (TPSA) is 32.8 Å². The number of hydrogen-bond donors (Lipinski definition) is 0. The third-order valence-corrected chi connectivity index (χ3v) is 3.60. The van der Waals surface area contributed by atoms with Crippen LogP contribution < -0.4 is 0 Å². The number of rotatable bonds is 2. The Morgan fingerprint density at radius 1 is 1.19 bits per heavy atom. The molecule has 16 heavy (non-hydrogen) atoms. The second-order valence-corrected chi connectivity index (χ2v) is 4.95. The molecule has 4 heteroatoms. The molecule has 4 nitrogen and oxygen atoms in total. The van der Waals surface area contributed by atoms with E-state index >= 15 is 0 Å². The number of ether oxygens (including phenoxy) is 1. The maximum Gasteiger partial charge on any atom is 0.236 e. The first kappa shape index (κ1) is 11.9. The maximum absolute atomic E-state index is 12.0. The summed E-state index contributed by atoms with van der Waals surface area (Å²) in [4.78, 5) is 16.2. The average Bonchev–Trinajstić information content (AvgIpc) is 2.31. The molecular weight excluding hydrogens is 204 g/mol. The Morgan fingerprint density at radius 2 is 1.81 bits per heavy atom. The van der Waals surface area contributed by atoms with Crippen molar-refractivity contribution in [1.82, 2.24) is 9.80 Å². The van der Waals surface area contributed by atoms with Gasteiger partial charge >= 0.3 is 0 Å². The third kappa shape index (κ3) is 3.19. The van der Waals surface area contributed by atoms with E-state index in [0.29, 0.717) is 12.5 Å². The molecule has 2 aliphatic rings. The van der Waals surface area contributed by atoms with Gasteiger partial charge in [-0.25, -0.2) is 0 Å². The summed E-state index contributed by atoms with van der Waals surface area (Å²) in [5.41, 5.74) is 0. The van der Waals surface area contributed by atoms with E-state index in [4.69, 9.17) is 4.74 Å². The molecule has 1 amide bonds. The lowest BCUT2D eigenvalue weighted by Gasteiger charge is -2.33. The molecular formula is C12H22N2O2. The van der Waals surface area contributed by atoms with Crippen LogP contribution in [0.2, 0.25) is 0 Å². The van der Waals surface area contributed by atoms with Crippen LogP contribution in [0.5, 0.6) is 0 Å². The Kier molecular flexibility index (Phi) is 4.18. The number of morpholine rings is 1. The molecule has 0 aromatic rings. The minimum Gasteiger partial charge on any atom is -0.379 e. The normalized spacial score (nSPS) is 24.7. The lowest BCUT2D eigenvalue weighted by atomic mass is 9.99. The summed E-state index contributed by atoms with van der Waals surface area (Å²) >= 11 is 0. The van der Waals surface area contributed by atoms with E-state index in [9.17, 15) is 4.79 Å². The van der Waals surface area contributed by atoms with Crippen molar-refractivity contribution < 1.29 is 9.53 Å². The van der Waals surface area contributed by atoms with E-state index in [1.807, 2.05) is 4.90 Å². The molecule has 0 bridgehead atoms. The van der Waals surface area contributed by atoms with Gasteiger partial charge in [0.2, 0.25) is 5.91 Å². The lowest BCUT2D eigenvalue weighted by molar-refractivity contribution is -0.134. The molecule has 0 aromatic carbocycles. The highest BCUT2D eigenvalue weighted by molar-refractivity contribution is 5.78. The summed E-state index contributed by atoms with van der Waals surface area (Å²) in [6, 6.07) is 0. The number of piperidine rings is 1. The first-order valence-corrected chi connectivity index (χ1v) is 6.33. The first-order chi connectivity index (χ1) is 7.75. The highest BCUT2D eigenvalue weighted by atomic mass is 16.5. The van der Waals surface area contributed by atoms with E-state index < -0.39 is 0 Å². The number of carbonyl (C=O) groups excluding carboxylic acids is 1. The first-order valence-electron chi connectivity index (χ1n) is 6.33. The summed E-state index contributed by atoms with van der Waals surface area (Å²) in [6.07, 6.45) is 2.32. The third-order valence-electron chi connectivity index (χ3n) is 3.60. The van der Waals surface area contributed by atoms with Crippen molar-refractivity contribution in [2.24, 2.45) is 5.92 Å². The van der Waals surface area contributed by atoms with Crippen LogP contribution in [-0.2, 0) is 9.53 Å². The van der Waals surface area contributed by atoms with Crippen molar-refractivity contribution in [2.75, 3.05) is 45.9 Å². The molecule has 0 unspecified atom stereocenters. The lowest BCUT2D eigenvalue weighted by Crippen LogP contribution is -2.46. The summed E-state index contributed by atoms with van der Waals surface area (Å²) in [5, 5.41) is 0. The van der Waals surface area contributed by atoms with Crippen molar-refractivity contribution in [1.29, 1.82) is 0 Å². The molecule has 2 aliphatic heterocycles. The SMILES string of the molecule is CC1CCN(C(=O)CN2CCOCC2)CC1. The summed E-state index contributed by atoms with van der Waals surface area (Å²) in [6.45, 7) is 8.08. The van der Waals surface area contributed by atoms with Gasteiger partial charge in [-0.1, -0.05) is 6.92 Å². The Balaban J connectivity index is 1.74. The van der Waals surface area contributed by atoms with Gasteiger partial charge in [0.05, 0.1) is 19.8 Å². The van der Waals surface area contributed by atoms with Crippen LogP contribution in [0.1, 0.15) is 19.8 Å². The van der Waals surface area contributed by atoms with E-state index in [-0.39, 0.29) is 0 Å². The number of hydrogen-bond acceptors (Lipinski definition) is 3. The zero-order chi connectivity index (χ0) is 11.4. The van der Waals surface area contributed by atoms with E-state index in [0.717, 1.165) is 58.2 Å². The van der Waals surface area contributed by atoms with Crippen LogP contribution >= 0.6 is 0 Å². The number of likely N-dealkylation sites (tertiary alicyclic amines) is 1. The molecule has 2 saturated heterocycles. The number of carbonyl (C=O) groups is 1. The predicted molar refractivity (Wildman–Crippen MR) is 62.2 cm³/mol. The van der Waals surface area contributed by atoms with Gasteiger partial charge in [-0.3, -0.25) is 9.69 Å². The zero-order valence-electron chi connectivity index (χ0n) is 10.2. The van der Waals surface area contributed by atoms with Gasteiger partial charge in [-0.15, -0.1) is 0 Å². The summed E-state index contributed by atoms with van der Waals surface area (Å²) in [7, 11) is 0. The molecule has 2 rings (SSSR count). The Labute approximate surface area is 97.5 Å². The Morgan fingerprint density at radius 3 is 2.44 bits per heavy atom. The Bertz CT molecular complexity index is 231. The summed E-state index contributed by atoms with van der Waals surface area (Å²) in [5.74, 6) is 1.08. The number of amides is 1. The minimum absolute atomic E-state index is 0.300. The predicted octanol–water partition coefficient (Wildman–Crippen LogP) is 0.577. The van der Waals surface area contributed by atoms with Crippen LogP contribution in [0.4, 0.5) is 0 Å². The van der Waals surface area contributed by atoms with Crippen LogP contribution in [0.15, 0.2) is 0 Å². The quantitative estimate of drug-likeness (QED) is 0.690. The monoisotopic (exact) mass is 226 g/mol. The van der Waals surface area contributed by atoms with Crippen molar-refractivity contribution >= 4 is 5.91 Å². The van der Waals surface area contributed by atoms with Gasteiger partial charge in [-0.05, 0) is 18.8 Å². The number of nitrogens with zero attached hydrogens (tertiary/aromatic N) is 2. The zero-order valence-corrected chi connectivity index (χ0v) is 10.2. The molecule has 2 fully saturated rings. The standard InChI is InChI=1S/C12H22N2O2/c1-11-2-4-14(5-3-11)12(15)10-13-6-8-16-9-7-13/h11H,2-10H2,1H3. The largest absolute Gasteiger partial charge is 0.379 e. The molecule has 0 atom stereocenters. The average molecular weight is 226 g/mol. The van der Waals surface area contributed by atoms with E-state index in [1.54, 1.807) is 0 Å². The van der Waals surface area contributed by atoms with E-state index in [2.05, 4.69) is 11.8 Å². The highest BCUT2D eigenvalue weighted by Gasteiger charge is 2.22. The molecule has 0 aliphatic carbocycles. The van der Waals surface area contributed by atoms with Crippen LogP contribution in [0.25, 0.3) is 0 Å². The molecule has 0 radical (unpaired) electrons. The molecule has 0 spiro atoms. The second-order valence-electron chi connectivity index (χ2n) is 4.95. The molecule has 0 saturated carbocycles. The summed E-state index contributed by atoms with van der Waals surface area (Å²) < 4.78 is 5.27. The van der Waals surface area contributed by atoms with Crippen molar-refractivity contribution in [3.8, 4) is 0 Å². The second kappa shape index (κ2) is 5.64. The van der Waals surface area contributed by atoms with Gasteiger partial charge in [0.25, 0.3) is 0 Å². The van der Waals surface area contributed by atoms with Gasteiger partial charge in [0.1, 0.15) is 0 Å². The fourth-order valence-electron chi connectivity index (χ4n) is 2.31. The van der Waals surface area contributed by atoms with Crippen molar-refractivity contribution in [3.05, 3.63) is 0 Å². The highest BCUT2D eigenvalue weighted by Crippen LogP contribution is 2.16.